The summed E-state index contributed by atoms with van der Waals surface area (Å²) in [6, 6.07) is 4.85. The monoisotopic (exact) mass is 267 g/mol. The van der Waals surface area contributed by atoms with E-state index in [9.17, 15) is 10.1 Å². The van der Waals surface area contributed by atoms with Crippen LogP contribution in [-0.4, -0.2) is 11.5 Å². The van der Waals surface area contributed by atoms with Crippen LogP contribution in [0.3, 0.4) is 0 Å². The third-order valence-electron chi connectivity index (χ3n) is 2.87. The minimum atomic E-state index is -0.460. The number of anilines is 1. The Balaban J connectivity index is 2.60. The molecule has 0 radical (unpaired) electrons. The minimum absolute atomic E-state index is 0.0368. The van der Waals surface area contributed by atoms with Crippen molar-refractivity contribution in [2.24, 2.45) is 11.8 Å². The molecule has 0 aliphatic rings. The molecule has 0 saturated heterocycles. The Kier molecular flexibility index (Phi) is 6.24. The fourth-order valence-corrected chi connectivity index (χ4v) is 1.89. The molecule has 0 aliphatic carbocycles. The van der Waals surface area contributed by atoms with E-state index < -0.39 is 4.92 Å². The number of nitrogens with two attached hydrogens (primary N) is 1. The van der Waals surface area contributed by atoms with Crippen LogP contribution in [0.1, 0.15) is 32.3 Å². The van der Waals surface area contributed by atoms with Crippen molar-refractivity contribution in [3.05, 3.63) is 33.9 Å². The highest BCUT2D eigenvalue weighted by Crippen LogP contribution is 2.25. The van der Waals surface area contributed by atoms with E-state index in [4.69, 9.17) is 10.6 Å². The van der Waals surface area contributed by atoms with Gasteiger partial charge in [0.05, 0.1) is 11.5 Å². The van der Waals surface area contributed by atoms with Gasteiger partial charge >= 0.3 is 0 Å². The molecular weight excluding hydrogens is 246 g/mol. The van der Waals surface area contributed by atoms with Gasteiger partial charge in [0, 0.05) is 12.7 Å². The Morgan fingerprint density at radius 1 is 1.53 bits per heavy atom. The van der Waals surface area contributed by atoms with Crippen LogP contribution < -0.4 is 11.3 Å². The van der Waals surface area contributed by atoms with Gasteiger partial charge in [0.2, 0.25) is 0 Å². The third-order valence-corrected chi connectivity index (χ3v) is 2.87. The van der Waals surface area contributed by atoms with Crippen molar-refractivity contribution in [1.82, 2.24) is 0 Å². The number of ether oxygens (including phenoxy) is 1. The van der Waals surface area contributed by atoms with Crippen LogP contribution in [0.5, 0.6) is 0 Å². The van der Waals surface area contributed by atoms with Crippen molar-refractivity contribution in [3.8, 4) is 0 Å². The molecule has 0 amide bonds. The molecule has 19 heavy (non-hydrogen) atoms. The maximum Gasteiger partial charge on any atom is 0.294 e. The molecule has 6 heteroatoms. The van der Waals surface area contributed by atoms with Crippen LogP contribution in [0, 0.1) is 16.0 Å². The van der Waals surface area contributed by atoms with Gasteiger partial charge in [0.1, 0.15) is 5.69 Å². The number of benzene rings is 1. The van der Waals surface area contributed by atoms with Gasteiger partial charge in [-0.3, -0.25) is 16.0 Å². The van der Waals surface area contributed by atoms with Gasteiger partial charge in [0.25, 0.3) is 5.69 Å². The first kappa shape index (κ1) is 15.4. The largest absolute Gasteiger partial charge is 0.376 e. The van der Waals surface area contributed by atoms with Crippen LogP contribution >= 0.6 is 0 Å². The zero-order chi connectivity index (χ0) is 14.3. The zero-order valence-corrected chi connectivity index (χ0v) is 11.4. The Hall–Kier alpha value is -1.66. The van der Waals surface area contributed by atoms with E-state index in [0.29, 0.717) is 24.8 Å². The first-order valence-electron chi connectivity index (χ1n) is 6.40. The van der Waals surface area contributed by atoms with Gasteiger partial charge < -0.3 is 10.2 Å². The van der Waals surface area contributed by atoms with Crippen molar-refractivity contribution < 1.29 is 9.66 Å². The fourth-order valence-electron chi connectivity index (χ4n) is 1.89. The summed E-state index contributed by atoms with van der Waals surface area (Å²) in [5, 5.41) is 10.9. The Morgan fingerprint density at radius 3 is 2.84 bits per heavy atom. The van der Waals surface area contributed by atoms with Gasteiger partial charge in [-0.1, -0.05) is 26.3 Å². The lowest BCUT2D eigenvalue weighted by Crippen LogP contribution is -2.10. The number of nitrogens with one attached hydrogen (secondary N) is 1. The number of hydrogen-bond donors (Lipinski definition) is 2. The average molecular weight is 267 g/mol. The summed E-state index contributed by atoms with van der Waals surface area (Å²) in [6.07, 6.45) is 2.25. The van der Waals surface area contributed by atoms with Gasteiger partial charge in [0.15, 0.2) is 0 Å². The number of nitrogen functional groups attached to an aromatic ring is 1. The highest BCUT2D eigenvalue weighted by atomic mass is 16.6. The normalized spacial score (nSPS) is 12.2. The number of rotatable bonds is 8. The molecule has 3 N–H and O–H groups in total. The summed E-state index contributed by atoms with van der Waals surface area (Å²) in [5.74, 6) is 5.73. The van der Waals surface area contributed by atoms with Crippen molar-refractivity contribution in [2.45, 2.75) is 33.3 Å². The smallest absolute Gasteiger partial charge is 0.294 e. The molecule has 106 valence electrons. The second kappa shape index (κ2) is 7.70. The van der Waals surface area contributed by atoms with Gasteiger partial charge in [-0.15, -0.1) is 0 Å². The summed E-state index contributed by atoms with van der Waals surface area (Å²) in [5.41, 5.74) is 3.35. The Bertz CT molecular complexity index is 424. The molecule has 0 fully saturated rings. The molecule has 0 aliphatic heterocycles. The zero-order valence-electron chi connectivity index (χ0n) is 11.4. The predicted molar refractivity (Wildman–Crippen MR) is 74.6 cm³/mol. The van der Waals surface area contributed by atoms with Crippen molar-refractivity contribution in [2.75, 3.05) is 12.0 Å². The summed E-state index contributed by atoms with van der Waals surface area (Å²) in [7, 11) is 0. The molecule has 1 unspecified atom stereocenters. The topological polar surface area (TPSA) is 90.4 Å². The fraction of sp³-hybridized carbons (Fsp3) is 0.538. The van der Waals surface area contributed by atoms with Crippen LogP contribution in [0.4, 0.5) is 11.4 Å². The van der Waals surface area contributed by atoms with E-state index in [-0.39, 0.29) is 5.69 Å². The lowest BCUT2D eigenvalue weighted by atomic mass is 10.1. The van der Waals surface area contributed by atoms with Gasteiger partial charge in [-0.25, -0.2) is 0 Å². The van der Waals surface area contributed by atoms with Crippen molar-refractivity contribution >= 4 is 11.4 Å². The summed E-state index contributed by atoms with van der Waals surface area (Å²) in [6.45, 7) is 5.31. The maximum atomic E-state index is 10.9. The Morgan fingerprint density at radius 2 is 2.26 bits per heavy atom. The molecule has 0 spiro atoms. The average Bonchev–Trinajstić information content (AvgIpc) is 2.38. The standard InChI is InChI=1S/C13H21N3O3/c1-3-4-10(2)8-19-9-11-5-6-12(15-14)13(7-11)16(17)18/h5-7,10,15H,3-4,8-9,14H2,1-2H3. The quantitative estimate of drug-likeness (QED) is 0.429. The van der Waals surface area contributed by atoms with Crippen LogP contribution in [0.15, 0.2) is 18.2 Å². The highest BCUT2D eigenvalue weighted by molar-refractivity contribution is 5.61. The van der Waals surface area contributed by atoms with Crippen molar-refractivity contribution in [3.63, 3.8) is 0 Å². The van der Waals surface area contributed by atoms with Crippen LogP contribution in [0.25, 0.3) is 0 Å². The van der Waals surface area contributed by atoms with Gasteiger partial charge in [-0.05, 0) is 24.0 Å². The Labute approximate surface area is 113 Å². The van der Waals surface area contributed by atoms with E-state index in [2.05, 4.69) is 19.3 Å². The predicted octanol–water partition coefficient (Wildman–Crippen LogP) is 2.83. The lowest BCUT2D eigenvalue weighted by Gasteiger charge is -2.11. The SMILES string of the molecule is CCCC(C)COCc1ccc(NN)c([N+](=O)[O-])c1. The number of hydrazine groups is 1. The molecule has 6 nitrogen and oxygen atoms in total. The molecule has 1 aromatic rings. The molecule has 0 heterocycles. The molecule has 0 aromatic heterocycles. The molecule has 1 aromatic carbocycles. The minimum Gasteiger partial charge on any atom is -0.376 e. The maximum absolute atomic E-state index is 10.9. The highest BCUT2D eigenvalue weighted by Gasteiger charge is 2.13. The summed E-state index contributed by atoms with van der Waals surface area (Å²) in [4.78, 5) is 10.4. The molecular formula is C13H21N3O3. The van der Waals surface area contributed by atoms with E-state index in [1.165, 1.54) is 6.07 Å². The first-order chi connectivity index (χ1) is 9.08. The van der Waals surface area contributed by atoms with Crippen LogP contribution in [-0.2, 0) is 11.3 Å². The summed E-state index contributed by atoms with van der Waals surface area (Å²) < 4.78 is 5.57. The first-order valence-corrected chi connectivity index (χ1v) is 6.40. The molecule has 1 atom stereocenters. The van der Waals surface area contributed by atoms with Crippen molar-refractivity contribution in [1.29, 1.82) is 0 Å². The number of nitrogens with zero attached hydrogens (tertiary/aromatic N) is 1. The van der Waals surface area contributed by atoms with E-state index in [1.54, 1.807) is 12.1 Å². The van der Waals surface area contributed by atoms with E-state index in [0.717, 1.165) is 18.4 Å². The second-order valence-electron chi connectivity index (χ2n) is 4.66. The van der Waals surface area contributed by atoms with E-state index in [1.807, 2.05) is 0 Å². The number of hydrogen-bond acceptors (Lipinski definition) is 5. The lowest BCUT2D eigenvalue weighted by molar-refractivity contribution is -0.384. The number of nitro groups is 1. The molecule has 0 bridgehead atoms. The van der Waals surface area contributed by atoms with Crippen LogP contribution in [0.2, 0.25) is 0 Å². The third kappa shape index (κ3) is 4.84. The van der Waals surface area contributed by atoms with Gasteiger partial charge in [-0.2, -0.15) is 0 Å². The van der Waals surface area contributed by atoms with E-state index >= 15 is 0 Å². The summed E-state index contributed by atoms with van der Waals surface area (Å²) >= 11 is 0. The second-order valence-corrected chi connectivity index (χ2v) is 4.66. The number of nitro benzene ring substituents is 1. The molecule has 1 rings (SSSR count). The molecule has 0 saturated carbocycles.